The van der Waals surface area contributed by atoms with E-state index in [1.54, 1.807) is 24.3 Å². The number of anilines is 1. The van der Waals surface area contributed by atoms with Crippen molar-refractivity contribution in [2.24, 2.45) is 0 Å². The van der Waals surface area contributed by atoms with Crippen LogP contribution in [0.3, 0.4) is 0 Å². The van der Waals surface area contributed by atoms with Gasteiger partial charge in [-0.05, 0) is 31.2 Å². The molecule has 0 atom stereocenters. The minimum Gasteiger partial charge on any atom is -0.325 e. The van der Waals surface area contributed by atoms with Crippen LogP contribution in [0.25, 0.3) is 0 Å². The first kappa shape index (κ1) is 15.2. The molecule has 0 aromatic heterocycles. The first-order valence-electron chi connectivity index (χ1n) is 6.98. The molecule has 5 nitrogen and oxygen atoms in total. The summed E-state index contributed by atoms with van der Waals surface area (Å²) >= 11 is 5.98. The molecule has 3 amide bonds. The summed E-state index contributed by atoms with van der Waals surface area (Å²) in [6.45, 7) is 1.59. The Kier molecular flexibility index (Phi) is 3.88. The third kappa shape index (κ3) is 2.83. The molecule has 2 aromatic rings. The highest BCUT2D eigenvalue weighted by Crippen LogP contribution is 2.28. The first-order valence-corrected chi connectivity index (χ1v) is 7.36. The number of rotatable bonds is 3. The van der Waals surface area contributed by atoms with Gasteiger partial charge < -0.3 is 5.32 Å². The van der Waals surface area contributed by atoms with E-state index in [0.29, 0.717) is 5.69 Å². The number of carbonyl (C=O) groups excluding carboxylic acids is 3. The summed E-state index contributed by atoms with van der Waals surface area (Å²) in [5, 5.41) is 2.87. The molecule has 2 aromatic carbocycles. The number of benzene rings is 2. The Balaban J connectivity index is 1.75. The molecule has 0 unspecified atom stereocenters. The molecule has 0 saturated heterocycles. The van der Waals surface area contributed by atoms with Gasteiger partial charge in [0.05, 0.1) is 16.1 Å². The van der Waals surface area contributed by atoms with Crippen LogP contribution < -0.4 is 5.32 Å². The van der Waals surface area contributed by atoms with Crippen LogP contribution in [0.15, 0.2) is 42.5 Å². The summed E-state index contributed by atoms with van der Waals surface area (Å²) < 4.78 is 0. The number of halogens is 1. The second-order valence-electron chi connectivity index (χ2n) is 5.27. The Morgan fingerprint density at radius 2 is 1.78 bits per heavy atom. The van der Waals surface area contributed by atoms with E-state index in [4.69, 9.17) is 11.6 Å². The van der Waals surface area contributed by atoms with E-state index in [0.717, 1.165) is 10.5 Å². The number of hydrogen-bond acceptors (Lipinski definition) is 3. The van der Waals surface area contributed by atoms with Gasteiger partial charge in [-0.2, -0.15) is 0 Å². The second-order valence-corrected chi connectivity index (χ2v) is 5.68. The number of carbonyl (C=O) groups is 3. The molecule has 1 heterocycles. The summed E-state index contributed by atoms with van der Waals surface area (Å²) in [6.07, 6.45) is 0. The van der Waals surface area contributed by atoms with Crippen molar-refractivity contribution in [1.29, 1.82) is 0 Å². The SMILES string of the molecule is Cc1ccc(NC(=O)CN2C(=O)c3cccc(Cl)c3C2=O)cc1. The van der Waals surface area contributed by atoms with E-state index in [1.807, 2.05) is 19.1 Å². The molecule has 3 rings (SSSR count). The van der Waals surface area contributed by atoms with Gasteiger partial charge in [0.15, 0.2) is 0 Å². The normalized spacial score (nSPS) is 13.2. The van der Waals surface area contributed by atoms with Crippen LogP contribution >= 0.6 is 11.6 Å². The summed E-state index contributed by atoms with van der Waals surface area (Å²) in [7, 11) is 0. The van der Waals surface area contributed by atoms with E-state index >= 15 is 0 Å². The third-order valence-corrected chi connectivity index (χ3v) is 3.90. The predicted octanol–water partition coefficient (Wildman–Crippen LogP) is 2.88. The molecule has 1 N–H and O–H groups in total. The molecule has 1 aliphatic heterocycles. The van der Waals surface area contributed by atoms with Crippen molar-refractivity contribution in [1.82, 2.24) is 4.90 Å². The topological polar surface area (TPSA) is 66.5 Å². The minimum atomic E-state index is -0.547. The second kappa shape index (κ2) is 5.85. The van der Waals surface area contributed by atoms with Crippen molar-refractivity contribution < 1.29 is 14.4 Å². The van der Waals surface area contributed by atoms with Crippen LogP contribution in [0, 0.1) is 6.92 Å². The van der Waals surface area contributed by atoms with Crippen molar-refractivity contribution >= 4 is 35.0 Å². The van der Waals surface area contributed by atoms with Crippen LogP contribution in [0.5, 0.6) is 0 Å². The Morgan fingerprint density at radius 1 is 1.09 bits per heavy atom. The molecule has 0 aliphatic carbocycles. The van der Waals surface area contributed by atoms with Crippen LogP contribution in [0.4, 0.5) is 5.69 Å². The molecule has 0 spiro atoms. The zero-order valence-electron chi connectivity index (χ0n) is 12.3. The molecule has 1 aliphatic rings. The van der Waals surface area contributed by atoms with Gasteiger partial charge in [-0.3, -0.25) is 19.3 Å². The standard InChI is InChI=1S/C17H13ClN2O3/c1-10-5-7-11(8-6-10)19-14(21)9-20-16(22)12-3-2-4-13(18)15(12)17(20)23/h2-8H,9H2,1H3,(H,19,21). The number of nitrogens with one attached hydrogen (secondary N) is 1. The van der Waals surface area contributed by atoms with Crippen molar-refractivity contribution in [3.8, 4) is 0 Å². The maximum absolute atomic E-state index is 12.3. The molecule has 0 radical (unpaired) electrons. The summed E-state index contributed by atoms with van der Waals surface area (Å²) in [5.74, 6) is -1.50. The fourth-order valence-electron chi connectivity index (χ4n) is 2.42. The molecule has 0 fully saturated rings. The van der Waals surface area contributed by atoms with Gasteiger partial charge in [-0.15, -0.1) is 0 Å². The lowest BCUT2D eigenvalue weighted by molar-refractivity contribution is -0.116. The van der Waals surface area contributed by atoms with Crippen LogP contribution in [-0.4, -0.2) is 29.2 Å². The van der Waals surface area contributed by atoms with Gasteiger partial charge in [0, 0.05) is 5.69 Å². The Bertz CT molecular complexity index is 815. The number of fused-ring (bicyclic) bond motifs is 1. The number of amides is 3. The fourth-order valence-corrected chi connectivity index (χ4v) is 2.67. The van der Waals surface area contributed by atoms with E-state index in [-0.39, 0.29) is 22.7 Å². The number of imide groups is 1. The molecule has 0 bridgehead atoms. The fraction of sp³-hybridized carbons (Fsp3) is 0.118. The van der Waals surface area contributed by atoms with Crippen LogP contribution in [-0.2, 0) is 4.79 Å². The quantitative estimate of drug-likeness (QED) is 0.881. The highest BCUT2D eigenvalue weighted by atomic mass is 35.5. The van der Waals surface area contributed by atoms with E-state index in [1.165, 1.54) is 6.07 Å². The zero-order valence-corrected chi connectivity index (χ0v) is 13.1. The molecular formula is C17H13ClN2O3. The molecular weight excluding hydrogens is 316 g/mol. The molecule has 116 valence electrons. The lowest BCUT2D eigenvalue weighted by atomic mass is 10.1. The Morgan fingerprint density at radius 3 is 2.43 bits per heavy atom. The number of nitrogens with zero attached hydrogens (tertiary/aromatic N) is 1. The van der Waals surface area contributed by atoms with Crippen molar-refractivity contribution in [2.75, 3.05) is 11.9 Å². The van der Waals surface area contributed by atoms with Gasteiger partial charge in [0.1, 0.15) is 6.54 Å². The highest BCUT2D eigenvalue weighted by molar-refractivity contribution is 6.37. The Labute approximate surface area is 137 Å². The monoisotopic (exact) mass is 328 g/mol. The van der Waals surface area contributed by atoms with Gasteiger partial charge in [-0.25, -0.2) is 0 Å². The highest BCUT2D eigenvalue weighted by Gasteiger charge is 2.38. The van der Waals surface area contributed by atoms with Gasteiger partial charge in [0.2, 0.25) is 5.91 Å². The zero-order chi connectivity index (χ0) is 16.6. The Hall–Kier alpha value is -2.66. The van der Waals surface area contributed by atoms with Crippen LogP contribution in [0.1, 0.15) is 26.3 Å². The predicted molar refractivity (Wildman–Crippen MR) is 86.6 cm³/mol. The smallest absolute Gasteiger partial charge is 0.263 e. The van der Waals surface area contributed by atoms with E-state index < -0.39 is 17.7 Å². The largest absolute Gasteiger partial charge is 0.325 e. The van der Waals surface area contributed by atoms with Gasteiger partial charge in [0.25, 0.3) is 11.8 Å². The lowest BCUT2D eigenvalue weighted by Crippen LogP contribution is -2.37. The summed E-state index contributed by atoms with van der Waals surface area (Å²) in [4.78, 5) is 37.6. The van der Waals surface area contributed by atoms with E-state index in [9.17, 15) is 14.4 Å². The minimum absolute atomic E-state index is 0.155. The number of hydrogen-bond donors (Lipinski definition) is 1. The number of aryl methyl sites for hydroxylation is 1. The molecule has 23 heavy (non-hydrogen) atoms. The first-order chi connectivity index (χ1) is 11.0. The summed E-state index contributed by atoms with van der Waals surface area (Å²) in [5.41, 5.74) is 2.06. The van der Waals surface area contributed by atoms with Gasteiger partial charge >= 0.3 is 0 Å². The maximum atomic E-state index is 12.3. The lowest BCUT2D eigenvalue weighted by Gasteiger charge is -2.13. The van der Waals surface area contributed by atoms with Crippen LogP contribution in [0.2, 0.25) is 5.02 Å². The van der Waals surface area contributed by atoms with Gasteiger partial charge in [-0.1, -0.05) is 35.4 Å². The van der Waals surface area contributed by atoms with Crippen molar-refractivity contribution in [3.05, 3.63) is 64.2 Å². The average molecular weight is 329 g/mol. The van der Waals surface area contributed by atoms with Crippen molar-refractivity contribution in [3.63, 3.8) is 0 Å². The average Bonchev–Trinajstić information content (AvgIpc) is 2.76. The maximum Gasteiger partial charge on any atom is 0.263 e. The third-order valence-electron chi connectivity index (χ3n) is 3.59. The van der Waals surface area contributed by atoms with Crippen molar-refractivity contribution in [2.45, 2.75) is 6.92 Å². The molecule has 0 saturated carbocycles. The van der Waals surface area contributed by atoms with E-state index in [2.05, 4.69) is 5.32 Å². The summed E-state index contributed by atoms with van der Waals surface area (Å²) in [6, 6.07) is 11.9. The molecule has 6 heteroatoms.